The second-order valence-corrected chi connectivity index (χ2v) is 7.34. The van der Waals surface area contributed by atoms with Crippen LogP contribution in [-0.2, 0) is 14.3 Å². The molecule has 2 aliphatic carbocycles. The Morgan fingerprint density at radius 1 is 1.43 bits per heavy atom. The van der Waals surface area contributed by atoms with E-state index in [2.05, 4.69) is 20.4 Å². The van der Waals surface area contributed by atoms with Gasteiger partial charge in [-0.3, -0.25) is 4.79 Å². The summed E-state index contributed by atoms with van der Waals surface area (Å²) in [5.41, 5.74) is 2.66. The number of carbonyl (C=O) groups excluding carboxylic acids is 2. The molecule has 1 fully saturated rings. The van der Waals surface area contributed by atoms with Crippen LogP contribution in [0.2, 0.25) is 0 Å². The summed E-state index contributed by atoms with van der Waals surface area (Å²) in [6.45, 7) is 13.9. The van der Waals surface area contributed by atoms with Crippen LogP contribution in [0.5, 0.6) is 0 Å². The maximum atomic E-state index is 12.3. The SMILES string of the molecule is C=C(C)[C@@H]1C[C@@]2(C)C(=CC1=O)CC[C@@H](OC(=O)/C(C)=C/C)[C@@H]2C. The Kier molecular flexibility index (Phi) is 4.98. The fourth-order valence-electron chi connectivity index (χ4n) is 3.81. The zero-order chi connectivity index (χ0) is 17.4. The summed E-state index contributed by atoms with van der Waals surface area (Å²) in [6, 6.07) is 0. The predicted octanol–water partition coefficient (Wildman–Crippen LogP) is 4.39. The minimum absolute atomic E-state index is 0.0986. The van der Waals surface area contributed by atoms with Gasteiger partial charge in [-0.1, -0.05) is 37.6 Å². The number of allylic oxidation sites excluding steroid dienone is 4. The average molecular weight is 316 g/mol. The molecule has 0 bridgehead atoms. The normalized spacial score (nSPS) is 34.5. The Bertz CT molecular complexity index is 596. The molecular weight excluding hydrogens is 288 g/mol. The quantitative estimate of drug-likeness (QED) is 0.440. The van der Waals surface area contributed by atoms with E-state index in [0.29, 0.717) is 5.57 Å². The van der Waals surface area contributed by atoms with Crippen LogP contribution in [0.1, 0.15) is 53.9 Å². The lowest BCUT2D eigenvalue weighted by Crippen LogP contribution is -2.46. The van der Waals surface area contributed by atoms with E-state index in [4.69, 9.17) is 4.74 Å². The van der Waals surface area contributed by atoms with Gasteiger partial charge in [0.15, 0.2) is 5.78 Å². The van der Waals surface area contributed by atoms with Crippen LogP contribution in [-0.4, -0.2) is 17.9 Å². The summed E-state index contributed by atoms with van der Waals surface area (Å²) >= 11 is 0. The summed E-state index contributed by atoms with van der Waals surface area (Å²) in [7, 11) is 0. The molecule has 2 aliphatic rings. The maximum absolute atomic E-state index is 12.3. The molecular formula is C20H28O3. The highest BCUT2D eigenvalue weighted by Crippen LogP contribution is 2.53. The van der Waals surface area contributed by atoms with Crippen LogP contribution in [0.25, 0.3) is 0 Å². The van der Waals surface area contributed by atoms with Crippen molar-refractivity contribution in [1.29, 1.82) is 0 Å². The van der Waals surface area contributed by atoms with Gasteiger partial charge < -0.3 is 4.74 Å². The molecule has 0 unspecified atom stereocenters. The van der Waals surface area contributed by atoms with Gasteiger partial charge in [0.2, 0.25) is 0 Å². The molecule has 0 N–H and O–H groups in total. The van der Waals surface area contributed by atoms with E-state index in [1.165, 1.54) is 5.57 Å². The number of carbonyl (C=O) groups is 2. The first-order valence-electron chi connectivity index (χ1n) is 8.45. The molecule has 0 aromatic carbocycles. The minimum Gasteiger partial charge on any atom is -0.459 e. The van der Waals surface area contributed by atoms with Gasteiger partial charge in [-0.05, 0) is 51.5 Å². The highest BCUT2D eigenvalue weighted by atomic mass is 16.5. The molecule has 0 aromatic rings. The summed E-state index contributed by atoms with van der Waals surface area (Å²) in [5, 5.41) is 0. The third kappa shape index (κ3) is 3.19. The van der Waals surface area contributed by atoms with Gasteiger partial charge in [-0.25, -0.2) is 4.79 Å². The third-order valence-electron chi connectivity index (χ3n) is 5.89. The monoisotopic (exact) mass is 316 g/mol. The van der Waals surface area contributed by atoms with Crippen LogP contribution in [0.3, 0.4) is 0 Å². The number of ether oxygens (including phenoxy) is 1. The lowest BCUT2D eigenvalue weighted by atomic mass is 9.57. The molecule has 23 heavy (non-hydrogen) atoms. The zero-order valence-corrected chi connectivity index (χ0v) is 14.9. The molecule has 126 valence electrons. The molecule has 0 heterocycles. The van der Waals surface area contributed by atoms with Crippen molar-refractivity contribution in [3.63, 3.8) is 0 Å². The van der Waals surface area contributed by atoms with E-state index in [1.807, 2.05) is 19.9 Å². The van der Waals surface area contributed by atoms with Crippen LogP contribution in [0.15, 0.2) is 35.5 Å². The molecule has 0 radical (unpaired) electrons. The van der Waals surface area contributed by atoms with Crippen molar-refractivity contribution in [2.75, 3.05) is 0 Å². The van der Waals surface area contributed by atoms with E-state index in [9.17, 15) is 9.59 Å². The third-order valence-corrected chi connectivity index (χ3v) is 5.89. The number of ketones is 1. The van der Waals surface area contributed by atoms with Gasteiger partial charge in [0.25, 0.3) is 0 Å². The highest BCUT2D eigenvalue weighted by molar-refractivity contribution is 5.95. The molecule has 3 nitrogen and oxygen atoms in total. The first-order valence-corrected chi connectivity index (χ1v) is 8.45. The standard InChI is InChI=1S/C20H28O3/c1-7-13(4)19(22)23-18-9-8-15-10-17(21)16(12(2)3)11-20(15,6)14(18)5/h7,10,14,16,18H,2,8-9,11H2,1,3-6H3/b13-7+/t14-,16-,18+,20+/m0/s1. The maximum Gasteiger partial charge on any atom is 0.333 e. The van der Waals surface area contributed by atoms with Crippen molar-refractivity contribution in [2.45, 2.75) is 60.0 Å². The van der Waals surface area contributed by atoms with E-state index in [-0.39, 0.29) is 35.1 Å². The second-order valence-electron chi connectivity index (χ2n) is 7.34. The van der Waals surface area contributed by atoms with Gasteiger partial charge in [-0.15, -0.1) is 0 Å². The first kappa shape index (κ1) is 17.7. The number of hydrogen-bond donors (Lipinski definition) is 0. The van der Waals surface area contributed by atoms with E-state index in [0.717, 1.165) is 24.8 Å². The van der Waals surface area contributed by atoms with Crippen molar-refractivity contribution in [3.8, 4) is 0 Å². The minimum atomic E-state index is -0.233. The van der Waals surface area contributed by atoms with Gasteiger partial charge in [0.05, 0.1) is 0 Å². The Morgan fingerprint density at radius 2 is 2.09 bits per heavy atom. The van der Waals surface area contributed by atoms with Crippen LogP contribution in [0.4, 0.5) is 0 Å². The molecule has 1 saturated carbocycles. The van der Waals surface area contributed by atoms with Gasteiger partial charge >= 0.3 is 5.97 Å². The van der Waals surface area contributed by atoms with Gasteiger partial charge in [0, 0.05) is 17.4 Å². The summed E-state index contributed by atoms with van der Waals surface area (Å²) in [5.74, 6) is 0.0186. The number of esters is 1. The van der Waals surface area contributed by atoms with Crippen LogP contribution in [0, 0.1) is 17.3 Å². The Balaban J connectivity index is 2.25. The largest absolute Gasteiger partial charge is 0.459 e. The molecule has 4 atom stereocenters. The van der Waals surface area contributed by atoms with Gasteiger partial charge in [-0.2, -0.15) is 0 Å². The fourth-order valence-corrected chi connectivity index (χ4v) is 3.81. The molecule has 0 saturated heterocycles. The Morgan fingerprint density at radius 3 is 2.65 bits per heavy atom. The van der Waals surface area contributed by atoms with E-state index < -0.39 is 0 Å². The van der Waals surface area contributed by atoms with E-state index >= 15 is 0 Å². The lowest BCUT2D eigenvalue weighted by Gasteiger charge is -2.49. The number of rotatable bonds is 3. The second kappa shape index (κ2) is 6.46. The van der Waals surface area contributed by atoms with E-state index in [1.54, 1.807) is 13.0 Å². The number of hydrogen-bond acceptors (Lipinski definition) is 3. The van der Waals surface area contributed by atoms with Crippen molar-refractivity contribution in [2.24, 2.45) is 17.3 Å². The predicted molar refractivity (Wildman–Crippen MR) is 91.8 cm³/mol. The summed E-state index contributed by atoms with van der Waals surface area (Å²) in [4.78, 5) is 24.4. The topological polar surface area (TPSA) is 43.4 Å². The Hall–Kier alpha value is -1.64. The molecule has 0 amide bonds. The zero-order valence-electron chi connectivity index (χ0n) is 14.9. The lowest BCUT2D eigenvalue weighted by molar-refractivity contribution is -0.151. The van der Waals surface area contributed by atoms with Crippen LogP contribution < -0.4 is 0 Å². The smallest absolute Gasteiger partial charge is 0.333 e. The van der Waals surface area contributed by atoms with Crippen molar-refractivity contribution >= 4 is 11.8 Å². The van der Waals surface area contributed by atoms with Crippen LogP contribution >= 0.6 is 0 Å². The summed E-state index contributed by atoms with van der Waals surface area (Å²) in [6.07, 6.45) is 5.88. The first-order chi connectivity index (χ1) is 10.7. The molecule has 0 spiro atoms. The fraction of sp³-hybridized carbons (Fsp3) is 0.600. The van der Waals surface area contributed by atoms with Crippen molar-refractivity contribution < 1.29 is 14.3 Å². The Labute approximate surface area is 139 Å². The number of fused-ring (bicyclic) bond motifs is 1. The molecule has 2 rings (SSSR count). The molecule has 0 aromatic heterocycles. The average Bonchev–Trinajstić information content (AvgIpc) is 2.50. The van der Waals surface area contributed by atoms with Gasteiger partial charge in [0.1, 0.15) is 6.10 Å². The summed E-state index contributed by atoms with van der Waals surface area (Å²) < 4.78 is 5.75. The molecule has 3 heteroatoms. The van der Waals surface area contributed by atoms with Crippen molar-refractivity contribution in [1.82, 2.24) is 0 Å². The molecule has 0 aliphatic heterocycles. The van der Waals surface area contributed by atoms with Crippen molar-refractivity contribution in [3.05, 3.63) is 35.5 Å². The highest BCUT2D eigenvalue weighted by Gasteiger charge is 2.48.